The zero-order chi connectivity index (χ0) is 35.1. The molecule has 12 heteroatoms. The zero-order valence-corrected chi connectivity index (χ0v) is 34.7. The van der Waals surface area contributed by atoms with Crippen LogP contribution in [0.1, 0.15) is 101 Å². The third-order valence-corrected chi connectivity index (χ3v) is 16.0. The summed E-state index contributed by atoms with van der Waals surface area (Å²) in [5.74, 6) is -0.633. The summed E-state index contributed by atoms with van der Waals surface area (Å²) in [6.07, 6.45) is 4.58. The summed E-state index contributed by atoms with van der Waals surface area (Å²) >= 11 is 11.9. The topological polar surface area (TPSA) is 96.0 Å². The molecule has 0 bridgehead atoms. The smallest absolute Gasteiger partial charge is 0.331 e. The molecule has 8 nitrogen and oxygen atoms in total. The molecule has 1 spiro atoms. The Labute approximate surface area is 302 Å². The highest BCUT2D eigenvalue weighted by atomic mass is 127. The predicted octanol–water partition coefficient (Wildman–Crippen LogP) is 8.28. The monoisotopic (exact) mass is 820 g/mol. The number of epoxide rings is 1. The third kappa shape index (κ3) is 9.43. The van der Waals surface area contributed by atoms with Crippen molar-refractivity contribution in [2.24, 2.45) is 5.92 Å². The summed E-state index contributed by atoms with van der Waals surface area (Å²) in [6.45, 7) is 24.3. The largest absolute Gasteiger partial charge is 0.457 e. The van der Waals surface area contributed by atoms with Crippen LogP contribution in [-0.2, 0) is 32.9 Å². The van der Waals surface area contributed by atoms with Crippen molar-refractivity contribution < 1.29 is 38.0 Å². The van der Waals surface area contributed by atoms with Crippen LogP contribution < -0.4 is 0 Å². The molecule has 4 aliphatic heterocycles. The normalized spacial score (nSPS) is 37.1. The SMILES string of the molecule is C/C(=C\C(=O)OC(C)(C)C)[C@@](C)(O)[C@H](O[Si](C)(C)C(C)(C)C)[C@H]1O[C@@H]1[C@@H]1CC[C@H]2O[C@@]3(CC[C@]2(C)O1)O[C@@H](CI)C[C@@H]3C.ClCCl. The lowest BCUT2D eigenvalue weighted by atomic mass is 9.78. The second-order valence-electron chi connectivity index (χ2n) is 16.5. The average molecular weight is 822 g/mol. The minimum Gasteiger partial charge on any atom is -0.457 e. The van der Waals surface area contributed by atoms with Gasteiger partial charge >= 0.3 is 5.97 Å². The number of carbonyl (C=O) groups is 1. The molecule has 4 saturated heterocycles. The second kappa shape index (κ2) is 15.0. The van der Waals surface area contributed by atoms with Crippen molar-refractivity contribution in [1.82, 2.24) is 0 Å². The molecular weight excluding hydrogens is 762 g/mol. The van der Waals surface area contributed by atoms with E-state index in [1.807, 2.05) is 20.8 Å². The third-order valence-electron chi connectivity index (χ3n) is 10.6. The van der Waals surface area contributed by atoms with Crippen molar-refractivity contribution in [2.45, 2.75) is 179 Å². The van der Waals surface area contributed by atoms with Crippen LogP contribution in [0.5, 0.6) is 0 Å². The number of alkyl halides is 3. The van der Waals surface area contributed by atoms with E-state index in [1.165, 1.54) is 6.08 Å². The molecule has 0 aromatic carbocycles. The molecule has 4 heterocycles. The quantitative estimate of drug-likeness (QED) is 0.0654. The molecule has 1 N–H and O–H groups in total. The highest BCUT2D eigenvalue weighted by Gasteiger charge is 2.63. The van der Waals surface area contributed by atoms with E-state index < -0.39 is 43.0 Å². The van der Waals surface area contributed by atoms with Gasteiger partial charge in [0.05, 0.1) is 29.3 Å². The first-order valence-electron chi connectivity index (χ1n) is 16.6. The summed E-state index contributed by atoms with van der Waals surface area (Å²) in [7, 11) is -2.34. The molecule has 10 atom stereocenters. The average Bonchev–Trinajstić information content (AvgIpc) is 3.63. The van der Waals surface area contributed by atoms with E-state index in [2.05, 4.69) is 70.3 Å². The molecule has 4 rings (SSSR count). The fourth-order valence-corrected chi connectivity index (χ4v) is 8.47. The first-order chi connectivity index (χ1) is 20.9. The maximum absolute atomic E-state index is 12.7. The van der Waals surface area contributed by atoms with Crippen LogP contribution in [0.4, 0.5) is 0 Å². The number of halogens is 3. The Kier molecular flexibility index (Phi) is 13.3. The van der Waals surface area contributed by atoms with E-state index in [0.29, 0.717) is 11.5 Å². The number of carbonyl (C=O) groups excluding carboxylic acids is 1. The Morgan fingerprint density at radius 1 is 1.09 bits per heavy atom. The summed E-state index contributed by atoms with van der Waals surface area (Å²) in [5, 5.41) is 12.1. The van der Waals surface area contributed by atoms with Gasteiger partial charge in [-0.1, -0.05) is 50.3 Å². The Balaban J connectivity index is 0.00000185. The molecule has 0 aromatic heterocycles. The lowest BCUT2D eigenvalue weighted by molar-refractivity contribution is -0.343. The van der Waals surface area contributed by atoms with Gasteiger partial charge in [-0.3, -0.25) is 0 Å². The van der Waals surface area contributed by atoms with E-state index in [9.17, 15) is 9.90 Å². The van der Waals surface area contributed by atoms with Crippen LogP contribution in [0.15, 0.2) is 11.6 Å². The van der Waals surface area contributed by atoms with E-state index in [1.54, 1.807) is 13.8 Å². The Bertz CT molecular complexity index is 1090. The molecule has 46 heavy (non-hydrogen) atoms. The molecule has 4 aliphatic rings. The Morgan fingerprint density at radius 3 is 2.22 bits per heavy atom. The number of aliphatic hydroxyl groups is 1. The maximum atomic E-state index is 12.7. The van der Waals surface area contributed by atoms with Gasteiger partial charge in [0.1, 0.15) is 29.5 Å². The predicted molar refractivity (Wildman–Crippen MR) is 194 cm³/mol. The Morgan fingerprint density at radius 2 is 1.70 bits per heavy atom. The van der Waals surface area contributed by atoms with Crippen molar-refractivity contribution in [1.29, 1.82) is 0 Å². The van der Waals surface area contributed by atoms with Gasteiger partial charge in [0, 0.05) is 22.8 Å². The number of hydrogen-bond acceptors (Lipinski definition) is 8. The van der Waals surface area contributed by atoms with Crippen LogP contribution in [0.3, 0.4) is 0 Å². The summed E-state index contributed by atoms with van der Waals surface area (Å²) < 4.78 is 39.9. The van der Waals surface area contributed by atoms with Crippen molar-refractivity contribution in [2.75, 3.05) is 9.77 Å². The van der Waals surface area contributed by atoms with Gasteiger partial charge in [0.25, 0.3) is 0 Å². The van der Waals surface area contributed by atoms with Crippen LogP contribution in [-0.4, -0.2) is 88.4 Å². The molecule has 4 fully saturated rings. The molecular formula is C34H59Cl2IO8Si. The Hall–Kier alpha value is 0.497. The summed E-state index contributed by atoms with van der Waals surface area (Å²) in [4.78, 5) is 12.7. The number of fused-ring (bicyclic) bond motifs is 1. The van der Waals surface area contributed by atoms with Gasteiger partial charge < -0.3 is 33.2 Å². The molecule has 0 aliphatic carbocycles. The van der Waals surface area contributed by atoms with E-state index in [-0.39, 0.29) is 40.9 Å². The first-order valence-corrected chi connectivity index (χ1v) is 22.1. The number of rotatable bonds is 8. The van der Waals surface area contributed by atoms with Gasteiger partial charge in [0.2, 0.25) is 0 Å². The highest BCUT2D eigenvalue weighted by Crippen LogP contribution is 2.53. The first kappa shape index (κ1) is 40.9. The van der Waals surface area contributed by atoms with E-state index >= 15 is 0 Å². The number of hydrogen-bond donors (Lipinski definition) is 1. The molecule has 0 radical (unpaired) electrons. The van der Waals surface area contributed by atoms with Crippen LogP contribution in [0.2, 0.25) is 18.1 Å². The standard InChI is InChI=1S/C33H57IO8Si.CH2Cl2/c1-20(18-25(35)41-29(3,4)5)32(10,36)28(42-43(11,12)30(6,7)8)27-26(37-27)23-13-14-24-31(9,39-23)15-16-33(40-24)21(2)17-22(19-34)38-33;2-1-3/h18,21-24,26-28,36H,13-17,19H2,1-12H3;1H2/b20-18+;/t21-,22+,23-,24+,26+,27-,28+,31-,32+,33+;/m0./s1. The minimum absolute atomic E-state index is 0.0356. The van der Waals surface area contributed by atoms with Gasteiger partial charge in [-0.15, -0.1) is 23.2 Å². The van der Waals surface area contributed by atoms with Gasteiger partial charge in [0.15, 0.2) is 14.1 Å². The van der Waals surface area contributed by atoms with E-state index in [4.69, 9.17) is 51.3 Å². The van der Waals surface area contributed by atoms with Crippen molar-refractivity contribution >= 4 is 60.1 Å². The highest BCUT2D eigenvalue weighted by molar-refractivity contribution is 14.1. The van der Waals surface area contributed by atoms with Gasteiger partial charge in [-0.05, 0) is 90.9 Å². The van der Waals surface area contributed by atoms with Crippen LogP contribution >= 0.6 is 45.8 Å². The van der Waals surface area contributed by atoms with Crippen molar-refractivity contribution in [3.05, 3.63) is 11.6 Å². The fraction of sp³-hybridized carbons (Fsp3) is 0.912. The lowest BCUT2D eigenvalue weighted by Crippen LogP contribution is -2.60. The van der Waals surface area contributed by atoms with E-state index in [0.717, 1.165) is 36.5 Å². The molecule has 268 valence electrons. The van der Waals surface area contributed by atoms with Gasteiger partial charge in [-0.2, -0.15) is 0 Å². The van der Waals surface area contributed by atoms with Crippen LogP contribution in [0, 0.1) is 5.92 Å². The second-order valence-corrected chi connectivity index (χ2v) is 22.9. The molecule has 0 saturated carbocycles. The molecule has 0 aromatic rings. The molecule has 0 unspecified atom stereocenters. The summed E-state index contributed by atoms with van der Waals surface area (Å²) in [6, 6.07) is 0. The number of esters is 1. The fourth-order valence-electron chi connectivity index (χ4n) is 6.58. The zero-order valence-electron chi connectivity index (χ0n) is 30.0. The maximum Gasteiger partial charge on any atom is 0.331 e. The summed E-state index contributed by atoms with van der Waals surface area (Å²) in [5.41, 5.74) is -2.03. The lowest BCUT2D eigenvalue weighted by Gasteiger charge is -2.53. The van der Waals surface area contributed by atoms with Crippen LogP contribution in [0.25, 0.3) is 0 Å². The van der Waals surface area contributed by atoms with Crippen molar-refractivity contribution in [3.8, 4) is 0 Å². The van der Waals surface area contributed by atoms with Gasteiger partial charge in [-0.25, -0.2) is 4.79 Å². The number of ether oxygens (including phenoxy) is 5. The van der Waals surface area contributed by atoms with Crippen molar-refractivity contribution in [3.63, 3.8) is 0 Å². The minimum atomic E-state index is -2.34. The molecule has 0 amide bonds.